The molecular formula is C19H17FN4O. The second kappa shape index (κ2) is 7.53. The summed E-state index contributed by atoms with van der Waals surface area (Å²) in [5.74, 6) is -0.358. The average Bonchev–Trinajstić information content (AvgIpc) is 2.66. The number of benzene rings is 2. The lowest BCUT2D eigenvalue weighted by atomic mass is 10.2. The average molecular weight is 336 g/mol. The van der Waals surface area contributed by atoms with Crippen LogP contribution in [0.2, 0.25) is 0 Å². The monoisotopic (exact) mass is 336 g/mol. The van der Waals surface area contributed by atoms with E-state index >= 15 is 0 Å². The van der Waals surface area contributed by atoms with E-state index in [0.29, 0.717) is 12.1 Å². The zero-order valence-corrected chi connectivity index (χ0v) is 13.7. The van der Waals surface area contributed by atoms with Gasteiger partial charge in [0.2, 0.25) is 5.95 Å². The summed E-state index contributed by atoms with van der Waals surface area (Å²) in [7, 11) is 0. The second-order valence-electron chi connectivity index (χ2n) is 5.29. The number of anilines is 3. The predicted octanol–water partition coefficient (Wildman–Crippen LogP) is 4.03. The molecule has 0 aliphatic heterocycles. The van der Waals surface area contributed by atoms with Crippen molar-refractivity contribution in [1.82, 2.24) is 9.97 Å². The first-order chi connectivity index (χ1) is 12.2. The number of carbonyl (C=O) groups excluding carboxylic acids is 1. The fourth-order valence-electron chi connectivity index (χ4n) is 2.39. The van der Waals surface area contributed by atoms with Gasteiger partial charge < -0.3 is 10.2 Å². The number of amides is 1. The first-order valence-corrected chi connectivity index (χ1v) is 7.89. The first-order valence-electron chi connectivity index (χ1n) is 7.89. The molecule has 126 valence electrons. The Morgan fingerprint density at radius 1 is 1.04 bits per heavy atom. The van der Waals surface area contributed by atoms with Crippen molar-refractivity contribution < 1.29 is 9.18 Å². The quantitative estimate of drug-likeness (QED) is 0.764. The molecule has 0 radical (unpaired) electrons. The Kier molecular flexibility index (Phi) is 4.99. The normalized spacial score (nSPS) is 10.3. The van der Waals surface area contributed by atoms with Gasteiger partial charge in [-0.25, -0.2) is 14.4 Å². The maximum atomic E-state index is 13.6. The number of hydrogen-bond acceptors (Lipinski definition) is 4. The lowest BCUT2D eigenvalue weighted by Gasteiger charge is -2.20. The highest BCUT2D eigenvalue weighted by molar-refractivity contribution is 6.05. The number of nitrogens with zero attached hydrogens (tertiary/aromatic N) is 3. The number of nitrogens with one attached hydrogen (secondary N) is 1. The Morgan fingerprint density at radius 2 is 1.68 bits per heavy atom. The standard InChI is InChI=1S/C19H17FN4O/c1-2-24(15-8-4-3-5-9-15)18(25)14-12-21-19(22-13-14)23-17-11-7-6-10-16(17)20/h3-13H,2H2,1H3,(H,21,22,23). The van der Waals surface area contributed by atoms with Gasteiger partial charge in [-0.2, -0.15) is 0 Å². The van der Waals surface area contributed by atoms with Crippen molar-refractivity contribution in [2.75, 3.05) is 16.8 Å². The minimum absolute atomic E-state index is 0.189. The predicted molar refractivity (Wildman–Crippen MR) is 95.5 cm³/mol. The fraction of sp³-hybridized carbons (Fsp3) is 0.105. The molecule has 5 nitrogen and oxygen atoms in total. The second-order valence-corrected chi connectivity index (χ2v) is 5.29. The van der Waals surface area contributed by atoms with Gasteiger partial charge in [0.15, 0.2) is 0 Å². The number of hydrogen-bond donors (Lipinski definition) is 1. The molecule has 0 unspecified atom stereocenters. The third kappa shape index (κ3) is 3.80. The van der Waals surface area contributed by atoms with E-state index in [0.717, 1.165) is 5.69 Å². The summed E-state index contributed by atoms with van der Waals surface area (Å²) in [5.41, 5.74) is 1.45. The van der Waals surface area contributed by atoms with Crippen LogP contribution in [0.1, 0.15) is 17.3 Å². The number of carbonyl (C=O) groups is 1. The number of para-hydroxylation sites is 2. The van der Waals surface area contributed by atoms with E-state index in [9.17, 15) is 9.18 Å². The van der Waals surface area contributed by atoms with Gasteiger partial charge in [0.1, 0.15) is 5.82 Å². The fourth-order valence-corrected chi connectivity index (χ4v) is 2.39. The summed E-state index contributed by atoms with van der Waals surface area (Å²) in [6, 6.07) is 15.6. The largest absolute Gasteiger partial charge is 0.322 e. The van der Waals surface area contributed by atoms with Crippen LogP contribution in [0.15, 0.2) is 67.0 Å². The topological polar surface area (TPSA) is 58.1 Å². The molecule has 0 aliphatic rings. The van der Waals surface area contributed by atoms with Crippen LogP contribution >= 0.6 is 0 Å². The lowest BCUT2D eigenvalue weighted by molar-refractivity contribution is 0.0987. The molecule has 1 heterocycles. The van der Waals surface area contributed by atoms with E-state index < -0.39 is 5.82 Å². The summed E-state index contributed by atoms with van der Waals surface area (Å²) in [5, 5.41) is 2.79. The molecule has 3 aromatic rings. The minimum atomic E-state index is -0.396. The van der Waals surface area contributed by atoms with Crippen LogP contribution < -0.4 is 10.2 Å². The van der Waals surface area contributed by atoms with Crippen molar-refractivity contribution >= 4 is 23.2 Å². The van der Waals surface area contributed by atoms with Crippen LogP contribution in [0, 0.1) is 5.82 Å². The highest BCUT2D eigenvalue weighted by Crippen LogP contribution is 2.18. The number of rotatable bonds is 5. The van der Waals surface area contributed by atoms with Gasteiger partial charge in [-0.1, -0.05) is 30.3 Å². The molecule has 1 aromatic heterocycles. The number of aromatic nitrogens is 2. The molecular weight excluding hydrogens is 319 g/mol. The smallest absolute Gasteiger partial charge is 0.261 e. The third-order valence-electron chi connectivity index (χ3n) is 3.65. The van der Waals surface area contributed by atoms with Crippen molar-refractivity contribution in [1.29, 1.82) is 0 Å². The van der Waals surface area contributed by atoms with Crippen molar-refractivity contribution in [3.05, 3.63) is 78.4 Å². The summed E-state index contributed by atoms with van der Waals surface area (Å²) < 4.78 is 13.6. The Morgan fingerprint density at radius 3 is 2.32 bits per heavy atom. The van der Waals surface area contributed by atoms with Crippen molar-refractivity contribution in [2.45, 2.75) is 6.92 Å². The third-order valence-corrected chi connectivity index (χ3v) is 3.65. The maximum absolute atomic E-state index is 13.6. The summed E-state index contributed by atoms with van der Waals surface area (Å²) in [6.45, 7) is 2.43. The van der Waals surface area contributed by atoms with Crippen LogP contribution in [-0.4, -0.2) is 22.4 Å². The molecule has 6 heteroatoms. The van der Waals surface area contributed by atoms with E-state index in [-0.39, 0.29) is 17.5 Å². The summed E-state index contributed by atoms with van der Waals surface area (Å²) in [6.07, 6.45) is 2.87. The summed E-state index contributed by atoms with van der Waals surface area (Å²) >= 11 is 0. The van der Waals surface area contributed by atoms with E-state index in [1.165, 1.54) is 18.5 Å². The molecule has 0 spiro atoms. The Balaban J connectivity index is 1.77. The van der Waals surface area contributed by atoms with Crippen molar-refractivity contribution in [3.8, 4) is 0 Å². The van der Waals surface area contributed by atoms with Crippen molar-refractivity contribution in [2.24, 2.45) is 0 Å². The van der Waals surface area contributed by atoms with Crippen LogP contribution in [0.25, 0.3) is 0 Å². The minimum Gasteiger partial charge on any atom is -0.322 e. The van der Waals surface area contributed by atoms with Gasteiger partial charge in [-0.3, -0.25) is 4.79 Å². The van der Waals surface area contributed by atoms with Crippen LogP contribution in [0.5, 0.6) is 0 Å². The molecule has 0 fully saturated rings. The molecule has 0 atom stereocenters. The van der Waals surface area contributed by atoms with E-state index in [4.69, 9.17) is 0 Å². The van der Waals surface area contributed by atoms with Gasteiger partial charge in [-0.05, 0) is 31.2 Å². The molecule has 3 rings (SSSR count). The number of halogens is 1. The van der Waals surface area contributed by atoms with Gasteiger partial charge in [0.05, 0.1) is 11.3 Å². The molecule has 0 saturated carbocycles. The lowest BCUT2D eigenvalue weighted by Crippen LogP contribution is -2.30. The first kappa shape index (κ1) is 16.6. The van der Waals surface area contributed by atoms with Gasteiger partial charge in [-0.15, -0.1) is 0 Å². The zero-order chi connectivity index (χ0) is 17.6. The maximum Gasteiger partial charge on any atom is 0.261 e. The zero-order valence-electron chi connectivity index (χ0n) is 13.7. The molecule has 0 saturated heterocycles. The van der Waals surface area contributed by atoms with Gasteiger partial charge >= 0.3 is 0 Å². The Labute approximate surface area is 145 Å². The van der Waals surface area contributed by atoms with Crippen LogP contribution in [0.4, 0.5) is 21.7 Å². The highest BCUT2D eigenvalue weighted by Gasteiger charge is 2.16. The van der Waals surface area contributed by atoms with Crippen LogP contribution in [0.3, 0.4) is 0 Å². The van der Waals surface area contributed by atoms with E-state index in [2.05, 4.69) is 15.3 Å². The van der Waals surface area contributed by atoms with Crippen molar-refractivity contribution in [3.63, 3.8) is 0 Å². The SMILES string of the molecule is CCN(C(=O)c1cnc(Nc2ccccc2F)nc1)c1ccccc1. The van der Waals surface area contributed by atoms with Crippen LogP contribution in [-0.2, 0) is 0 Å². The molecule has 1 amide bonds. The van der Waals surface area contributed by atoms with Gasteiger partial charge in [0, 0.05) is 24.6 Å². The Hall–Kier alpha value is -3.28. The Bertz CT molecular complexity index is 853. The molecule has 2 aromatic carbocycles. The van der Waals surface area contributed by atoms with E-state index in [1.807, 2.05) is 37.3 Å². The molecule has 0 aliphatic carbocycles. The summed E-state index contributed by atoms with van der Waals surface area (Å²) in [4.78, 5) is 22.5. The molecule has 1 N–H and O–H groups in total. The molecule has 0 bridgehead atoms. The van der Waals surface area contributed by atoms with Gasteiger partial charge in [0.25, 0.3) is 5.91 Å². The highest BCUT2D eigenvalue weighted by atomic mass is 19.1. The molecule has 25 heavy (non-hydrogen) atoms. The van der Waals surface area contributed by atoms with E-state index in [1.54, 1.807) is 23.1 Å².